The molecule has 0 aliphatic rings. The van der Waals surface area contributed by atoms with E-state index in [0.29, 0.717) is 5.56 Å². The molecule has 0 saturated heterocycles. The summed E-state index contributed by atoms with van der Waals surface area (Å²) in [6.07, 6.45) is -10.2. The van der Waals surface area contributed by atoms with Gasteiger partial charge in [0.2, 0.25) is 0 Å². The van der Waals surface area contributed by atoms with Crippen LogP contribution in [0.25, 0.3) is 0 Å². The third kappa shape index (κ3) is 4.88. The van der Waals surface area contributed by atoms with Crippen molar-refractivity contribution in [2.24, 2.45) is 0 Å². The average molecular weight is 558 g/mol. The number of aryl methyl sites for hydroxylation is 1. The molecule has 2 atom stereocenters. The van der Waals surface area contributed by atoms with Gasteiger partial charge in [-0.25, -0.2) is 0 Å². The Kier molecular flexibility index (Phi) is 7.76. The summed E-state index contributed by atoms with van der Waals surface area (Å²) >= 11 is 0. The molecule has 0 amide bonds. The summed E-state index contributed by atoms with van der Waals surface area (Å²) in [4.78, 5) is 0. The van der Waals surface area contributed by atoms with Crippen LogP contribution in [0.15, 0.2) is 54.6 Å². The van der Waals surface area contributed by atoms with Crippen LogP contribution in [0.5, 0.6) is 0 Å². The van der Waals surface area contributed by atoms with Crippen LogP contribution in [0.3, 0.4) is 0 Å². The second-order valence-corrected chi connectivity index (χ2v) is 8.60. The Morgan fingerprint density at radius 2 is 1.05 bits per heavy atom. The molecule has 2 aromatic rings. The zero-order valence-corrected chi connectivity index (χ0v) is 18.8. The van der Waals surface area contributed by atoms with Crippen LogP contribution < -0.4 is 0 Å². The Balaban J connectivity index is 2.67. The molecule has 0 saturated carbocycles. The molecular weight excluding hydrogens is 539 g/mol. The second-order valence-electron chi connectivity index (χ2n) is 8.60. The maximum Gasteiger partial charge on any atom is 0.460 e. The van der Waals surface area contributed by atoms with Gasteiger partial charge >= 0.3 is 35.8 Å². The van der Waals surface area contributed by atoms with Gasteiger partial charge in [0.15, 0.2) is 0 Å². The van der Waals surface area contributed by atoms with Gasteiger partial charge in [0, 0.05) is 5.92 Å². The molecule has 0 aromatic heterocycles. The highest BCUT2D eigenvalue weighted by Crippen LogP contribution is 2.62. The monoisotopic (exact) mass is 558 g/mol. The lowest BCUT2D eigenvalue weighted by Crippen LogP contribution is -2.70. The first-order valence-electron chi connectivity index (χ1n) is 10.3. The minimum absolute atomic E-state index is 0.00890. The van der Waals surface area contributed by atoms with Gasteiger partial charge < -0.3 is 5.11 Å². The van der Waals surface area contributed by atoms with Gasteiger partial charge in [0.1, 0.15) is 5.60 Å². The van der Waals surface area contributed by atoms with Crippen LogP contribution in [0.4, 0.5) is 57.1 Å². The molecule has 2 rings (SSSR count). The van der Waals surface area contributed by atoms with E-state index in [0.717, 1.165) is 19.1 Å². The van der Waals surface area contributed by atoms with E-state index in [2.05, 4.69) is 0 Å². The first-order valence-corrected chi connectivity index (χ1v) is 10.3. The average Bonchev–Trinajstić information content (AvgIpc) is 2.77. The number of alkyl halides is 13. The van der Waals surface area contributed by atoms with Crippen LogP contribution in [0, 0.1) is 6.92 Å². The molecule has 1 nitrogen and oxygen atoms in total. The smallest absolute Gasteiger partial charge is 0.384 e. The summed E-state index contributed by atoms with van der Waals surface area (Å²) in [7, 11) is 0. The molecule has 14 heteroatoms. The summed E-state index contributed by atoms with van der Waals surface area (Å²) in [5.41, 5.74) is -3.33. The van der Waals surface area contributed by atoms with Crippen molar-refractivity contribution in [2.45, 2.75) is 67.6 Å². The Hall–Kier alpha value is -2.51. The predicted octanol–water partition coefficient (Wildman–Crippen LogP) is 8.12. The number of halogens is 13. The number of hydrogen-bond acceptors (Lipinski definition) is 1. The highest BCUT2D eigenvalue weighted by Gasteiger charge is 2.90. The van der Waals surface area contributed by atoms with Gasteiger partial charge in [0.25, 0.3) is 0 Å². The lowest BCUT2D eigenvalue weighted by atomic mass is 9.73. The molecule has 1 N–H and O–H groups in total. The van der Waals surface area contributed by atoms with Crippen LogP contribution in [-0.2, 0) is 5.60 Å². The molecule has 0 bridgehead atoms. The topological polar surface area (TPSA) is 20.2 Å². The maximum absolute atomic E-state index is 14.8. The van der Waals surface area contributed by atoms with Crippen LogP contribution in [0.1, 0.15) is 36.0 Å². The molecule has 2 unspecified atom stereocenters. The quantitative estimate of drug-likeness (QED) is 0.309. The number of rotatable bonds is 9. The maximum atomic E-state index is 14.8. The Labute approximate surface area is 201 Å². The van der Waals surface area contributed by atoms with Crippen molar-refractivity contribution in [1.82, 2.24) is 0 Å². The standard InChI is InChI=1S/C23H19F13O/c1-13-8-10-16(11-9-13)17(37,14(2)15-6-4-3-5-7-15)12-18(24,25)19(26,27)20(28,29)21(30,31)22(32,33)23(34,35)36/h3-11,14,37H,12H2,1-2H3. The highest BCUT2D eigenvalue weighted by atomic mass is 19.4. The van der Waals surface area contributed by atoms with Gasteiger partial charge in [-0.3, -0.25) is 0 Å². The molecule has 0 fully saturated rings. The van der Waals surface area contributed by atoms with Crippen molar-refractivity contribution < 1.29 is 62.2 Å². The minimum atomic E-state index is -8.00. The van der Waals surface area contributed by atoms with Crippen molar-refractivity contribution >= 4 is 0 Å². The molecule has 0 aliphatic carbocycles. The summed E-state index contributed by atoms with van der Waals surface area (Å²) in [5.74, 6) is -39.3. The number of aliphatic hydroxyl groups is 1. The summed E-state index contributed by atoms with van der Waals surface area (Å²) in [6, 6.07) is 10.9. The largest absolute Gasteiger partial charge is 0.460 e. The van der Waals surface area contributed by atoms with Gasteiger partial charge in [-0.15, -0.1) is 0 Å². The lowest BCUT2D eigenvalue weighted by molar-refractivity contribution is -0.441. The third-order valence-electron chi connectivity index (χ3n) is 6.06. The van der Waals surface area contributed by atoms with Crippen LogP contribution in [0.2, 0.25) is 0 Å². The van der Waals surface area contributed by atoms with E-state index in [1.165, 1.54) is 49.4 Å². The fourth-order valence-electron chi connectivity index (χ4n) is 3.62. The molecule has 0 heterocycles. The Morgan fingerprint density at radius 3 is 1.49 bits per heavy atom. The molecule has 2 aromatic carbocycles. The van der Waals surface area contributed by atoms with Crippen molar-refractivity contribution in [1.29, 1.82) is 0 Å². The van der Waals surface area contributed by atoms with E-state index in [4.69, 9.17) is 0 Å². The first kappa shape index (κ1) is 30.7. The Bertz CT molecular complexity index is 1060. The van der Waals surface area contributed by atoms with E-state index in [-0.39, 0.29) is 5.56 Å². The zero-order chi connectivity index (χ0) is 28.9. The van der Waals surface area contributed by atoms with Crippen LogP contribution in [-0.4, -0.2) is 40.9 Å². The molecular formula is C23H19F13O. The van der Waals surface area contributed by atoms with Crippen molar-refractivity contribution in [3.8, 4) is 0 Å². The Morgan fingerprint density at radius 1 is 0.622 bits per heavy atom. The summed E-state index contributed by atoms with van der Waals surface area (Å²) in [5, 5.41) is 11.2. The van der Waals surface area contributed by atoms with Gasteiger partial charge in [-0.2, -0.15) is 57.1 Å². The van der Waals surface area contributed by atoms with E-state index in [1.807, 2.05) is 0 Å². The van der Waals surface area contributed by atoms with E-state index >= 15 is 0 Å². The van der Waals surface area contributed by atoms with E-state index in [9.17, 15) is 62.2 Å². The first-order chi connectivity index (χ1) is 16.5. The summed E-state index contributed by atoms with van der Waals surface area (Å²) < 4.78 is 177. The van der Waals surface area contributed by atoms with Crippen LogP contribution >= 0.6 is 0 Å². The molecule has 208 valence electrons. The fourth-order valence-corrected chi connectivity index (χ4v) is 3.62. The van der Waals surface area contributed by atoms with Crippen molar-refractivity contribution in [2.75, 3.05) is 0 Å². The normalized spacial score (nSPS) is 16.9. The molecule has 37 heavy (non-hydrogen) atoms. The molecule has 0 aliphatic heterocycles. The summed E-state index contributed by atoms with van der Waals surface area (Å²) in [6.45, 7) is 2.50. The number of hydrogen-bond donors (Lipinski definition) is 1. The van der Waals surface area contributed by atoms with Crippen molar-refractivity contribution in [3.63, 3.8) is 0 Å². The predicted molar refractivity (Wildman–Crippen MR) is 105 cm³/mol. The minimum Gasteiger partial charge on any atom is -0.384 e. The molecule has 0 spiro atoms. The lowest BCUT2D eigenvalue weighted by Gasteiger charge is -2.43. The van der Waals surface area contributed by atoms with E-state index in [1.54, 1.807) is 0 Å². The third-order valence-corrected chi connectivity index (χ3v) is 6.06. The van der Waals surface area contributed by atoms with Crippen molar-refractivity contribution in [3.05, 3.63) is 71.3 Å². The van der Waals surface area contributed by atoms with E-state index < -0.39 is 59.3 Å². The highest BCUT2D eigenvalue weighted by molar-refractivity contribution is 5.33. The second kappa shape index (κ2) is 9.35. The van der Waals surface area contributed by atoms with Gasteiger partial charge in [0.05, 0.1) is 6.42 Å². The zero-order valence-electron chi connectivity index (χ0n) is 18.8. The molecule has 0 radical (unpaired) electrons. The number of benzene rings is 2. The van der Waals surface area contributed by atoms with Gasteiger partial charge in [-0.1, -0.05) is 67.1 Å². The SMILES string of the molecule is Cc1ccc(C(O)(CC(F)(F)C(F)(F)C(F)(F)C(F)(F)C(F)(F)C(F)(F)F)C(C)c2ccccc2)cc1. The van der Waals surface area contributed by atoms with Gasteiger partial charge in [-0.05, 0) is 18.1 Å². The fraction of sp³-hybridized carbons (Fsp3) is 0.478.